The number of carbonyl (C=O) groups is 1. The van der Waals surface area contributed by atoms with E-state index in [2.05, 4.69) is 15.2 Å². The number of hydrogen-bond acceptors (Lipinski definition) is 6. The van der Waals surface area contributed by atoms with Gasteiger partial charge >= 0.3 is 18.1 Å². The summed E-state index contributed by atoms with van der Waals surface area (Å²) in [5.41, 5.74) is -0.957. The second-order valence-electron chi connectivity index (χ2n) is 5.69. The van der Waals surface area contributed by atoms with Gasteiger partial charge in [-0.2, -0.15) is 4.68 Å². The number of tetrazole rings is 1. The summed E-state index contributed by atoms with van der Waals surface area (Å²) in [6, 6.07) is 3.66. The number of nitrogens with zero attached hydrogens (tertiary/aromatic N) is 5. The Morgan fingerprint density at radius 3 is 2.59 bits per heavy atom. The molecule has 1 heterocycles. The van der Waals surface area contributed by atoms with Crippen LogP contribution >= 0.6 is 0 Å². The monoisotopic (exact) mass is 389 g/mol. The predicted octanol–water partition coefficient (Wildman–Crippen LogP) is 1.65. The van der Waals surface area contributed by atoms with Gasteiger partial charge in [-0.25, -0.2) is 9.59 Å². The van der Waals surface area contributed by atoms with Crippen LogP contribution in [0.4, 0.5) is 18.0 Å². The number of hydrogen-bond donors (Lipinski definition) is 0. The SMILES string of the molecule is COCCN(C(=O)n1nnn(-c2cccc(OC(F)(F)F)c2)c1=O)C(C)C. The highest BCUT2D eigenvalue weighted by atomic mass is 19.4. The van der Waals surface area contributed by atoms with Gasteiger partial charge in [-0.15, -0.1) is 17.9 Å². The van der Waals surface area contributed by atoms with E-state index in [0.29, 0.717) is 9.36 Å². The number of methoxy groups -OCH3 is 1. The molecule has 2 aromatic rings. The van der Waals surface area contributed by atoms with Crippen molar-refractivity contribution in [2.45, 2.75) is 26.3 Å². The molecule has 0 spiro atoms. The van der Waals surface area contributed by atoms with Crippen molar-refractivity contribution in [3.63, 3.8) is 0 Å². The van der Waals surface area contributed by atoms with Crippen LogP contribution in [-0.2, 0) is 4.74 Å². The van der Waals surface area contributed by atoms with Gasteiger partial charge in [-0.1, -0.05) is 6.07 Å². The van der Waals surface area contributed by atoms with E-state index >= 15 is 0 Å². The van der Waals surface area contributed by atoms with Gasteiger partial charge in [0.15, 0.2) is 0 Å². The maximum atomic E-state index is 12.6. The van der Waals surface area contributed by atoms with E-state index in [1.165, 1.54) is 24.1 Å². The molecule has 9 nitrogen and oxygen atoms in total. The number of halogens is 3. The Bertz CT molecular complexity index is 846. The van der Waals surface area contributed by atoms with Crippen LogP contribution in [0, 0.1) is 0 Å². The molecule has 27 heavy (non-hydrogen) atoms. The zero-order valence-electron chi connectivity index (χ0n) is 14.8. The number of amides is 1. The van der Waals surface area contributed by atoms with Gasteiger partial charge in [0, 0.05) is 25.8 Å². The van der Waals surface area contributed by atoms with Crippen LogP contribution in [0.2, 0.25) is 0 Å². The third-order valence-electron chi connectivity index (χ3n) is 3.46. The fourth-order valence-electron chi connectivity index (χ4n) is 2.23. The molecule has 0 aliphatic rings. The van der Waals surface area contributed by atoms with E-state index in [4.69, 9.17) is 4.74 Å². The Morgan fingerprint density at radius 2 is 2.00 bits per heavy atom. The summed E-state index contributed by atoms with van der Waals surface area (Å²) in [5.74, 6) is -0.531. The van der Waals surface area contributed by atoms with E-state index < -0.39 is 23.8 Å². The van der Waals surface area contributed by atoms with Crippen molar-refractivity contribution < 1.29 is 27.4 Å². The molecule has 2 rings (SSSR count). The lowest BCUT2D eigenvalue weighted by molar-refractivity contribution is -0.274. The van der Waals surface area contributed by atoms with Crippen molar-refractivity contribution in [1.29, 1.82) is 0 Å². The van der Waals surface area contributed by atoms with Crippen LogP contribution < -0.4 is 10.4 Å². The molecule has 0 bridgehead atoms. The minimum atomic E-state index is -4.88. The Balaban J connectivity index is 2.33. The van der Waals surface area contributed by atoms with Gasteiger partial charge in [0.25, 0.3) is 0 Å². The van der Waals surface area contributed by atoms with E-state index in [-0.39, 0.29) is 24.9 Å². The van der Waals surface area contributed by atoms with E-state index in [0.717, 1.165) is 12.1 Å². The average molecular weight is 389 g/mol. The van der Waals surface area contributed by atoms with Gasteiger partial charge in [-0.3, -0.25) is 0 Å². The highest BCUT2D eigenvalue weighted by Gasteiger charge is 2.31. The lowest BCUT2D eigenvalue weighted by Gasteiger charge is -2.25. The van der Waals surface area contributed by atoms with Crippen molar-refractivity contribution >= 4 is 6.03 Å². The van der Waals surface area contributed by atoms with Gasteiger partial charge in [0.2, 0.25) is 0 Å². The maximum Gasteiger partial charge on any atom is 0.573 e. The minimum absolute atomic E-state index is 0.0335. The van der Waals surface area contributed by atoms with Crippen molar-refractivity contribution in [2.75, 3.05) is 20.3 Å². The van der Waals surface area contributed by atoms with Crippen molar-refractivity contribution in [2.24, 2.45) is 0 Å². The number of ether oxygens (including phenoxy) is 2. The van der Waals surface area contributed by atoms with Crippen LogP contribution in [0.15, 0.2) is 29.1 Å². The average Bonchev–Trinajstić information content (AvgIpc) is 2.95. The van der Waals surface area contributed by atoms with Gasteiger partial charge < -0.3 is 14.4 Å². The normalized spacial score (nSPS) is 11.7. The van der Waals surface area contributed by atoms with Crippen LogP contribution in [-0.4, -0.2) is 63.4 Å². The quantitative estimate of drug-likeness (QED) is 0.698. The molecule has 0 saturated carbocycles. The van der Waals surface area contributed by atoms with Crippen LogP contribution in [0.5, 0.6) is 5.75 Å². The molecule has 1 amide bonds. The largest absolute Gasteiger partial charge is 0.573 e. The molecule has 0 radical (unpaired) electrons. The summed E-state index contributed by atoms with van der Waals surface area (Å²) in [6.07, 6.45) is -4.88. The molecular formula is C15H18F3N5O4. The predicted molar refractivity (Wildman–Crippen MR) is 86.8 cm³/mol. The fraction of sp³-hybridized carbons (Fsp3) is 0.467. The van der Waals surface area contributed by atoms with Gasteiger partial charge in [0.05, 0.1) is 12.3 Å². The molecule has 12 heteroatoms. The zero-order valence-corrected chi connectivity index (χ0v) is 14.8. The van der Waals surface area contributed by atoms with Crippen molar-refractivity contribution in [3.05, 3.63) is 34.7 Å². The molecule has 1 aromatic carbocycles. The summed E-state index contributed by atoms with van der Waals surface area (Å²) in [6.45, 7) is 3.98. The molecule has 1 aromatic heterocycles. The minimum Gasteiger partial charge on any atom is -0.406 e. The number of rotatable bonds is 6. The summed E-state index contributed by atoms with van der Waals surface area (Å²) in [5, 5.41) is 7.10. The molecular weight excluding hydrogens is 371 g/mol. The molecule has 0 saturated heterocycles. The number of alkyl halides is 3. The van der Waals surface area contributed by atoms with Gasteiger partial charge in [-0.05, 0) is 36.4 Å². The Morgan fingerprint density at radius 1 is 1.30 bits per heavy atom. The van der Waals surface area contributed by atoms with Crippen molar-refractivity contribution in [3.8, 4) is 11.4 Å². The van der Waals surface area contributed by atoms with Crippen LogP contribution in [0.25, 0.3) is 5.69 Å². The second kappa shape index (κ2) is 8.20. The highest BCUT2D eigenvalue weighted by Crippen LogP contribution is 2.23. The lowest BCUT2D eigenvalue weighted by Crippen LogP contribution is -2.45. The Kier molecular flexibility index (Phi) is 6.20. The first-order chi connectivity index (χ1) is 12.6. The Hall–Kier alpha value is -2.89. The Labute approximate surface area is 151 Å². The summed E-state index contributed by atoms with van der Waals surface area (Å²) in [7, 11) is 1.47. The first kappa shape index (κ1) is 20.4. The molecule has 0 aliphatic carbocycles. The van der Waals surface area contributed by atoms with E-state index in [9.17, 15) is 22.8 Å². The lowest BCUT2D eigenvalue weighted by atomic mass is 10.3. The zero-order chi connectivity index (χ0) is 20.2. The highest BCUT2D eigenvalue weighted by molar-refractivity contribution is 5.75. The van der Waals surface area contributed by atoms with E-state index in [1.54, 1.807) is 13.8 Å². The fourth-order valence-corrected chi connectivity index (χ4v) is 2.23. The molecule has 0 N–H and O–H groups in total. The molecule has 0 aliphatic heterocycles. The molecule has 0 atom stereocenters. The summed E-state index contributed by atoms with van der Waals surface area (Å²) in [4.78, 5) is 26.4. The molecule has 0 unspecified atom stereocenters. The first-order valence-electron chi connectivity index (χ1n) is 7.85. The standard InChI is InChI=1S/C15H18F3N5O4/c1-10(2)21(7-8-26-3)13(24)23-14(25)22(19-20-23)11-5-4-6-12(9-11)27-15(16,17)18/h4-6,9-10H,7-8H2,1-3H3. The first-order valence-corrected chi connectivity index (χ1v) is 7.85. The number of carbonyl (C=O) groups excluding carboxylic acids is 1. The number of aromatic nitrogens is 4. The number of benzene rings is 1. The second-order valence-corrected chi connectivity index (χ2v) is 5.69. The third kappa shape index (κ3) is 5.06. The third-order valence-corrected chi connectivity index (χ3v) is 3.46. The van der Waals surface area contributed by atoms with Crippen molar-refractivity contribution in [1.82, 2.24) is 24.7 Å². The van der Waals surface area contributed by atoms with Crippen LogP contribution in [0.3, 0.4) is 0 Å². The van der Waals surface area contributed by atoms with Gasteiger partial charge in [0.1, 0.15) is 5.75 Å². The summed E-state index contributed by atoms with van der Waals surface area (Å²) < 4.78 is 47.0. The van der Waals surface area contributed by atoms with E-state index in [1.807, 2.05) is 0 Å². The summed E-state index contributed by atoms with van der Waals surface area (Å²) >= 11 is 0. The molecule has 148 valence electrons. The smallest absolute Gasteiger partial charge is 0.406 e. The topological polar surface area (TPSA) is 91.5 Å². The van der Waals surface area contributed by atoms with Crippen LogP contribution in [0.1, 0.15) is 13.8 Å². The molecule has 0 fully saturated rings. The maximum absolute atomic E-state index is 12.6.